The number of oxazole rings is 1. The predicted molar refractivity (Wildman–Crippen MR) is 86.3 cm³/mol. The molecule has 3 aromatic heterocycles. The Morgan fingerprint density at radius 3 is 2.91 bits per heavy atom. The molecule has 6 heteroatoms. The number of hydrogen-bond acceptors (Lipinski definition) is 5. The maximum atomic E-state index is 5.63. The fourth-order valence-electron chi connectivity index (χ4n) is 2.26. The SMILES string of the molecule is C(=C\c1nc2ccccc2o1)/c1cn(Cc2cccnc2)nn1. The summed E-state index contributed by atoms with van der Waals surface area (Å²) >= 11 is 0. The van der Waals surface area contributed by atoms with Gasteiger partial charge in [0.15, 0.2) is 5.58 Å². The van der Waals surface area contributed by atoms with E-state index in [2.05, 4.69) is 20.3 Å². The molecule has 0 saturated carbocycles. The van der Waals surface area contributed by atoms with E-state index in [4.69, 9.17) is 4.42 Å². The summed E-state index contributed by atoms with van der Waals surface area (Å²) in [5, 5.41) is 8.22. The smallest absolute Gasteiger partial charge is 0.220 e. The zero-order chi connectivity index (χ0) is 15.5. The van der Waals surface area contributed by atoms with Gasteiger partial charge in [0, 0.05) is 18.5 Å². The molecule has 0 N–H and O–H groups in total. The third-order valence-electron chi connectivity index (χ3n) is 3.33. The van der Waals surface area contributed by atoms with Crippen molar-refractivity contribution >= 4 is 23.3 Å². The first-order valence-electron chi connectivity index (χ1n) is 7.19. The predicted octanol–water partition coefficient (Wildman–Crippen LogP) is 3.03. The molecule has 6 nitrogen and oxygen atoms in total. The molecule has 0 spiro atoms. The van der Waals surface area contributed by atoms with E-state index in [1.807, 2.05) is 54.9 Å². The van der Waals surface area contributed by atoms with Gasteiger partial charge in [-0.25, -0.2) is 9.67 Å². The highest BCUT2D eigenvalue weighted by Gasteiger charge is 2.03. The average molecular weight is 303 g/mol. The van der Waals surface area contributed by atoms with Gasteiger partial charge < -0.3 is 4.42 Å². The van der Waals surface area contributed by atoms with Crippen LogP contribution >= 0.6 is 0 Å². The second-order valence-corrected chi connectivity index (χ2v) is 5.06. The Hall–Kier alpha value is -3.28. The van der Waals surface area contributed by atoms with E-state index in [1.54, 1.807) is 17.0 Å². The van der Waals surface area contributed by atoms with Crippen LogP contribution in [0.25, 0.3) is 23.3 Å². The number of hydrogen-bond donors (Lipinski definition) is 0. The summed E-state index contributed by atoms with van der Waals surface area (Å²) in [4.78, 5) is 8.47. The van der Waals surface area contributed by atoms with E-state index in [0.29, 0.717) is 12.4 Å². The van der Waals surface area contributed by atoms with Crippen LogP contribution in [0, 0.1) is 0 Å². The van der Waals surface area contributed by atoms with Crippen LogP contribution in [0.2, 0.25) is 0 Å². The normalized spacial score (nSPS) is 11.5. The summed E-state index contributed by atoms with van der Waals surface area (Å²) in [5.74, 6) is 0.549. The topological polar surface area (TPSA) is 69.6 Å². The van der Waals surface area contributed by atoms with Gasteiger partial charge in [0.1, 0.15) is 11.2 Å². The molecule has 4 aromatic rings. The van der Waals surface area contributed by atoms with Crippen molar-refractivity contribution in [2.75, 3.05) is 0 Å². The van der Waals surface area contributed by atoms with Gasteiger partial charge in [0.05, 0.1) is 12.7 Å². The van der Waals surface area contributed by atoms with Crippen molar-refractivity contribution in [2.24, 2.45) is 0 Å². The quantitative estimate of drug-likeness (QED) is 0.579. The number of pyridine rings is 1. The third kappa shape index (κ3) is 3.01. The minimum atomic E-state index is 0.549. The lowest BCUT2D eigenvalue weighted by Gasteiger charge is -1.98. The van der Waals surface area contributed by atoms with E-state index in [1.165, 1.54) is 0 Å². The number of nitrogens with zero attached hydrogens (tertiary/aromatic N) is 5. The molecule has 1 aromatic carbocycles. The molecule has 23 heavy (non-hydrogen) atoms. The maximum absolute atomic E-state index is 5.63. The molecule has 3 heterocycles. The Morgan fingerprint density at radius 1 is 1.09 bits per heavy atom. The number of para-hydroxylation sites is 2. The van der Waals surface area contributed by atoms with Gasteiger partial charge >= 0.3 is 0 Å². The highest BCUT2D eigenvalue weighted by Crippen LogP contribution is 2.16. The molecule has 0 saturated heterocycles. The molecule has 0 fully saturated rings. The average Bonchev–Trinajstić information content (AvgIpc) is 3.20. The van der Waals surface area contributed by atoms with Gasteiger partial charge in [-0.3, -0.25) is 4.98 Å². The summed E-state index contributed by atoms with van der Waals surface area (Å²) in [5.41, 5.74) is 3.43. The van der Waals surface area contributed by atoms with Crippen molar-refractivity contribution in [1.82, 2.24) is 25.0 Å². The Labute approximate surface area is 132 Å². The summed E-state index contributed by atoms with van der Waals surface area (Å²) < 4.78 is 7.40. The molecule has 0 radical (unpaired) electrons. The first-order chi connectivity index (χ1) is 11.4. The molecule has 0 atom stereocenters. The summed E-state index contributed by atoms with van der Waals surface area (Å²) in [6.45, 7) is 0.636. The van der Waals surface area contributed by atoms with E-state index >= 15 is 0 Å². The monoisotopic (exact) mass is 303 g/mol. The Balaban J connectivity index is 1.50. The highest BCUT2D eigenvalue weighted by atomic mass is 16.3. The van der Waals surface area contributed by atoms with Gasteiger partial charge in [-0.15, -0.1) is 5.10 Å². The fraction of sp³-hybridized carbons (Fsp3) is 0.0588. The largest absolute Gasteiger partial charge is 0.437 e. The van der Waals surface area contributed by atoms with Crippen LogP contribution in [0.1, 0.15) is 17.1 Å². The van der Waals surface area contributed by atoms with Crippen LogP contribution in [-0.2, 0) is 6.54 Å². The summed E-state index contributed by atoms with van der Waals surface area (Å²) in [6.07, 6.45) is 9.05. The Morgan fingerprint density at radius 2 is 2.04 bits per heavy atom. The highest BCUT2D eigenvalue weighted by molar-refractivity contribution is 5.75. The van der Waals surface area contributed by atoms with Crippen LogP contribution < -0.4 is 0 Å². The Kier molecular flexibility index (Phi) is 3.40. The zero-order valence-electron chi connectivity index (χ0n) is 12.2. The Bertz CT molecular complexity index is 922. The molecule has 0 aliphatic rings. The van der Waals surface area contributed by atoms with Crippen LogP contribution in [0.15, 0.2) is 59.4 Å². The second-order valence-electron chi connectivity index (χ2n) is 5.06. The first-order valence-corrected chi connectivity index (χ1v) is 7.19. The molecule has 4 rings (SSSR count). The van der Waals surface area contributed by atoms with Crippen molar-refractivity contribution in [3.8, 4) is 0 Å². The first kappa shape index (κ1) is 13.4. The van der Waals surface area contributed by atoms with Crippen LogP contribution in [0.5, 0.6) is 0 Å². The van der Waals surface area contributed by atoms with Gasteiger partial charge in [-0.2, -0.15) is 0 Å². The van der Waals surface area contributed by atoms with E-state index in [9.17, 15) is 0 Å². The fourth-order valence-corrected chi connectivity index (χ4v) is 2.26. The number of aromatic nitrogens is 5. The molecule has 0 aliphatic carbocycles. The lowest BCUT2D eigenvalue weighted by atomic mass is 10.3. The van der Waals surface area contributed by atoms with Crippen LogP contribution in [-0.4, -0.2) is 25.0 Å². The van der Waals surface area contributed by atoms with Crippen molar-refractivity contribution < 1.29 is 4.42 Å². The second kappa shape index (κ2) is 5.84. The molecule has 0 aliphatic heterocycles. The molecule has 0 bridgehead atoms. The third-order valence-corrected chi connectivity index (χ3v) is 3.33. The maximum Gasteiger partial charge on any atom is 0.220 e. The van der Waals surface area contributed by atoms with Gasteiger partial charge in [-0.1, -0.05) is 23.4 Å². The molecular formula is C17H13N5O. The molecule has 112 valence electrons. The summed E-state index contributed by atoms with van der Waals surface area (Å²) in [7, 11) is 0. The van der Waals surface area contributed by atoms with Crippen molar-refractivity contribution in [2.45, 2.75) is 6.54 Å². The van der Waals surface area contributed by atoms with Gasteiger partial charge in [0.2, 0.25) is 5.89 Å². The minimum Gasteiger partial charge on any atom is -0.437 e. The van der Waals surface area contributed by atoms with E-state index in [-0.39, 0.29) is 0 Å². The van der Waals surface area contributed by atoms with E-state index < -0.39 is 0 Å². The van der Waals surface area contributed by atoms with Gasteiger partial charge in [0.25, 0.3) is 0 Å². The summed E-state index contributed by atoms with van der Waals surface area (Å²) in [6, 6.07) is 11.6. The van der Waals surface area contributed by atoms with Crippen molar-refractivity contribution in [3.05, 3.63) is 72.1 Å². The van der Waals surface area contributed by atoms with Crippen LogP contribution in [0.4, 0.5) is 0 Å². The standard InChI is InChI=1S/C17H13N5O/c1-2-6-16-15(5-1)19-17(23-16)8-7-14-12-22(21-20-14)11-13-4-3-9-18-10-13/h1-10,12H,11H2/b8-7+. The lowest BCUT2D eigenvalue weighted by molar-refractivity contribution is 0.589. The van der Waals surface area contributed by atoms with E-state index in [0.717, 1.165) is 22.4 Å². The number of rotatable bonds is 4. The molecular weight excluding hydrogens is 290 g/mol. The lowest BCUT2D eigenvalue weighted by Crippen LogP contribution is -2.00. The van der Waals surface area contributed by atoms with Crippen molar-refractivity contribution in [3.63, 3.8) is 0 Å². The van der Waals surface area contributed by atoms with Gasteiger partial charge in [-0.05, 0) is 29.8 Å². The molecule has 0 unspecified atom stereocenters. The zero-order valence-corrected chi connectivity index (χ0v) is 12.2. The van der Waals surface area contributed by atoms with Crippen LogP contribution in [0.3, 0.4) is 0 Å². The number of benzene rings is 1. The minimum absolute atomic E-state index is 0.549. The number of fused-ring (bicyclic) bond motifs is 1. The van der Waals surface area contributed by atoms with Crippen molar-refractivity contribution in [1.29, 1.82) is 0 Å². The molecule has 0 amide bonds.